The fraction of sp³-hybridized carbons (Fsp3) is 0.211. The van der Waals surface area contributed by atoms with Gasteiger partial charge in [-0.15, -0.1) is 0 Å². The molecule has 26 heavy (non-hydrogen) atoms. The van der Waals surface area contributed by atoms with Crippen molar-refractivity contribution in [1.82, 2.24) is 9.55 Å². The number of amides is 1. The van der Waals surface area contributed by atoms with Crippen LogP contribution in [-0.4, -0.2) is 34.0 Å². The van der Waals surface area contributed by atoms with E-state index in [-0.39, 0.29) is 18.2 Å². The number of aromatic nitrogens is 2. The summed E-state index contributed by atoms with van der Waals surface area (Å²) in [6.45, 7) is 2.38. The first-order valence-electron chi connectivity index (χ1n) is 8.47. The molecule has 0 radical (unpaired) electrons. The third-order valence-electron chi connectivity index (χ3n) is 4.25. The van der Waals surface area contributed by atoms with Crippen LogP contribution in [-0.2, 0) is 4.79 Å². The lowest BCUT2D eigenvalue weighted by atomic mass is 10.1. The Morgan fingerprint density at radius 3 is 2.88 bits per heavy atom. The smallest absolute Gasteiger partial charge is 0.247 e. The molecule has 7 nitrogen and oxygen atoms in total. The molecule has 1 atom stereocenters. The maximum absolute atomic E-state index is 12.7. The van der Waals surface area contributed by atoms with Gasteiger partial charge in [0.15, 0.2) is 0 Å². The molecule has 3 aromatic rings. The van der Waals surface area contributed by atoms with Gasteiger partial charge in [-0.05, 0) is 31.2 Å². The summed E-state index contributed by atoms with van der Waals surface area (Å²) in [5.41, 5.74) is 2.03. The molecule has 0 bridgehead atoms. The van der Waals surface area contributed by atoms with Gasteiger partial charge in [-0.25, -0.2) is 9.55 Å². The van der Waals surface area contributed by atoms with Crippen LogP contribution in [0.15, 0.2) is 48.5 Å². The van der Waals surface area contributed by atoms with Crippen molar-refractivity contribution < 1.29 is 14.3 Å². The minimum Gasteiger partial charge on any atom is -0.492 e. The number of benzene rings is 2. The number of nitrogens with one attached hydrogen (secondary N) is 2. The quantitative estimate of drug-likeness (QED) is 0.756. The van der Waals surface area contributed by atoms with Crippen molar-refractivity contribution in [2.75, 3.05) is 17.2 Å². The van der Waals surface area contributed by atoms with E-state index in [2.05, 4.69) is 15.6 Å². The summed E-state index contributed by atoms with van der Waals surface area (Å²) in [5, 5.41) is 5.90. The zero-order valence-electron chi connectivity index (χ0n) is 14.2. The maximum Gasteiger partial charge on any atom is 0.247 e. The number of imidazole rings is 1. The van der Waals surface area contributed by atoms with Gasteiger partial charge in [0.25, 0.3) is 0 Å². The van der Waals surface area contributed by atoms with Gasteiger partial charge in [0.05, 0.1) is 29.7 Å². The van der Waals surface area contributed by atoms with Crippen molar-refractivity contribution in [2.45, 2.75) is 19.4 Å². The molecule has 4 rings (SSSR count). The molecule has 1 aromatic heterocycles. The Morgan fingerprint density at radius 2 is 2.04 bits per heavy atom. The molecule has 132 valence electrons. The second-order valence-corrected chi connectivity index (χ2v) is 5.97. The summed E-state index contributed by atoms with van der Waals surface area (Å²) in [7, 11) is 0. The zero-order valence-corrected chi connectivity index (χ0v) is 14.2. The number of fused-ring (bicyclic) bond motifs is 3. The van der Waals surface area contributed by atoms with Crippen LogP contribution in [0, 0.1) is 0 Å². The van der Waals surface area contributed by atoms with Gasteiger partial charge in [0, 0.05) is 0 Å². The van der Waals surface area contributed by atoms with Crippen LogP contribution in [0.3, 0.4) is 0 Å². The Bertz CT molecular complexity index is 995. The zero-order chi connectivity index (χ0) is 18.1. The molecule has 2 N–H and O–H groups in total. The molecule has 0 saturated heterocycles. The van der Waals surface area contributed by atoms with Gasteiger partial charge < -0.3 is 15.4 Å². The number of rotatable bonds is 4. The molecule has 0 unspecified atom stereocenters. The highest BCUT2D eigenvalue weighted by molar-refractivity contribution is 6.04. The molecule has 0 saturated carbocycles. The monoisotopic (exact) mass is 350 g/mol. The predicted octanol–water partition coefficient (Wildman–Crippen LogP) is 2.90. The van der Waals surface area contributed by atoms with E-state index in [0.717, 1.165) is 5.52 Å². The fourth-order valence-electron chi connectivity index (χ4n) is 3.08. The number of anilines is 2. The van der Waals surface area contributed by atoms with E-state index in [1.54, 1.807) is 12.1 Å². The lowest BCUT2D eigenvalue weighted by Crippen LogP contribution is -2.42. The highest BCUT2D eigenvalue weighted by Crippen LogP contribution is 2.27. The van der Waals surface area contributed by atoms with Crippen LogP contribution in [0.1, 0.15) is 18.1 Å². The van der Waals surface area contributed by atoms with Gasteiger partial charge in [0.1, 0.15) is 11.8 Å². The standard InChI is InChI=1S/C19H18N4O3/c1-2-26-16-10-6-4-8-13(16)20-18(25)14-11-17(24)23-15-9-5-3-7-12(15)21-19(23)22-14/h3-10,14H,2,11H2,1H3,(H,20,25)(H,21,22)/t14-/m1/s1. The van der Waals surface area contributed by atoms with Crippen molar-refractivity contribution in [3.05, 3.63) is 48.5 Å². The minimum absolute atomic E-state index is 0.0516. The van der Waals surface area contributed by atoms with Crippen LogP contribution >= 0.6 is 0 Å². The molecule has 0 spiro atoms. The maximum atomic E-state index is 12.7. The Morgan fingerprint density at radius 1 is 1.27 bits per heavy atom. The van der Waals surface area contributed by atoms with Crippen LogP contribution < -0.4 is 15.4 Å². The molecular formula is C19H18N4O3. The molecule has 1 amide bonds. The Balaban J connectivity index is 1.58. The second kappa shape index (κ2) is 6.51. The first kappa shape index (κ1) is 16.1. The average Bonchev–Trinajstić information content (AvgIpc) is 3.02. The summed E-state index contributed by atoms with van der Waals surface area (Å²) in [6.07, 6.45) is 0.0516. The number of hydrogen-bond acceptors (Lipinski definition) is 5. The van der Waals surface area contributed by atoms with Crippen molar-refractivity contribution in [1.29, 1.82) is 0 Å². The van der Waals surface area contributed by atoms with E-state index in [1.165, 1.54) is 4.57 Å². The first-order chi connectivity index (χ1) is 12.7. The highest BCUT2D eigenvalue weighted by Gasteiger charge is 2.31. The van der Waals surface area contributed by atoms with Gasteiger partial charge in [-0.2, -0.15) is 0 Å². The number of ether oxygens (including phenoxy) is 1. The van der Waals surface area contributed by atoms with Crippen LogP contribution in [0.25, 0.3) is 11.0 Å². The number of nitrogens with zero attached hydrogens (tertiary/aromatic N) is 2. The molecule has 7 heteroatoms. The summed E-state index contributed by atoms with van der Waals surface area (Å²) in [5.74, 6) is 0.521. The summed E-state index contributed by atoms with van der Waals surface area (Å²) in [4.78, 5) is 29.7. The number of para-hydroxylation sites is 4. The molecule has 2 heterocycles. The summed E-state index contributed by atoms with van der Waals surface area (Å²) < 4.78 is 7.05. The number of carbonyl (C=O) groups excluding carboxylic acids is 2. The topological polar surface area (TPSA) is 85.2 Å². The normalized spacial score (nSPS) is 16.0. The van der Waals surface area contributed by atoms with Gasteiger partial charge in [-0.3, -0.25) is 9.59 Å². The van der Waals surface area contributed by atoms with E-state index in [0.29, 0.717) is 29.5 Å². The summed E-state index contributed by atoms with van der Waals surface area (Å²) in [6, 6.07) is 13.9. The SMILES string of the molecule is CCOc1ccccc1NC(=O)[C@H]1CC(=O)n2c(nc3ccccc32)N1. The van der Waals surface area contributed by atoms with Gasteiger partial charge >= 0.3 is 0 Å². The Hall–Kier alpha value is -3.35. The largest absolute Gasteiger partial charge is 0.492 e. The van der Waals surface area contributed by atoms with E-state index < -0.39 is 6.04 Å². The van der Waals surface area contributed by atoms with Crippen LogP contribution in [0.4, 0.5) is 11.6 Å². The second-order valence-electron chi connectivity index (χ2n) is 5.97. The minimum atomic E-state index is -0.693. The molecule has 1 aliphatic rings. The highest BCUT2D eigenvalue weighted by atomic mass is 16.5. The molecule has 0 fully saturated rings. The third-order valence-corrected chi connectivity index (χ3v) is 4.25. The Labute approximate surface area is 150 Å². The van der Waals surface area contributed by atoms with Crippen molar-refractivity contribution >= 4 is 34.5 Å². The number of carbonyl (C=O) groups is 2. The van der Waals surface area contributed by atoms with E-state index in [4.69, 9.17) is 4.74 Å². The lowest BCUT2D eigenvalue weighted by molar-refractivity contribution is -0.117. The molecular weight excluding hydrogens is 332 g/mol. The molecule has 2 aromatic carbocycles. The Kier molecular flexibility index (Phi) is 4.04. The van der Waals surface area contributed by atoms with Crippen molar-refractivity contribution in [2.24, 2.45) is 0 Å². The summed E-state index contributed by atoms with van der Waals surface area (Å²) >= 11 is 0. The lowest BCUT2D eigenvalue weighted by Gasteiger charge is -2.24. The molecule has 1 aliphatic heterocycles. The van der Waals surface area contributed by atoms with Gasteiger partial charge in [0.2, 0.25) is 17.8 Å². The fourth-order valence-corrected chi connectivity index (χ4v) is 3.08. The van der Waals surface area contributed by atoms with E-state index in [1.807, 2.05) is 43.3 Å². The van der Waals surface area contributed by atoms with Crippen molar-refractivity contribution in [3.8, 4) is 5.75 Å². The number of hydrogen-bond donors (Lipinski definition) is 2. The predicted molar refractivity (Wildman–Crippen MR) is 98.6 cm³/mol. The van der Waals surface area contributed by atoms with Crippen LogP contribution in [0.2, 0.25) is 0 Å². The van der Waals surface area contributed by atoms with E-state index >= 15 is 0 Å². The van der Waals surface area contributed by atoms with Crippen molar-refractivity contribution in [3.63, 3.8) is 0 Å². The van der Waals surface area contributed by atoms with Gasteiger partial charge in [-0.1, -0.05) is 24.3 Å². The average molecular weight is 350 g/mol. The van der Waals surface area contributed by atoms with E-state index in [9.17, 15) is 9.59 Å². The molecule has 0 aliphatic carbocycles. The first-order valence-corrected chi connectivity index (χ1v) is 8.47. The third kappa shape index (κ3) is 2.77. The van der Waals surface area contributed by atoms with Crippen LogP contribution in [0.5, 0.6) is 5.75 Å².